The maximum Gasteiger partial charge on any atom is 0.232 e. The van der Waals surface area contributed by atoms with E-state index in [-0.39, 0.29) is 5.91 Å². The van der Waals surface area contributed by atoms with Gasteiger partial charge in [-0.05, 0) is 18.4 Å². The van der Waals surface area contributed by atoms with Crippen LogP contribution in [-0.4, -0.2) is 74.9 Å². The van der Waals surface area contributed by atoms with Crippen molar-refractivity contribution in [1.82, 2.24) is 29.2 Å². The molecule has 4 heterocycles. The average Bonchev–Trinajstić information content (AvgIpc) is 3.40. The third-order valence-corrected chi connectivity index (χ3v) is 8.36. The number of amides is 1. The van der Waals surface area contributed by atoms with Gasteiger partial charge in [-0.2, -0.15) is 22.1 Å². The molecule has 180 valence electrons. The van der Waals surface area contributed by atoms with E-state index in [1.54, 1.807) is 17.4 Å². The fraction of sp³-hybridized carbons (Fsp3) is 0.522. The molecule has 4 rings (SSSR count). The third-order valence-electron chi connectivity index (χ3n) is 6.12. The predicted octanol–water partition coefficient (Wildman–Crippen LogP) is 3.42. The first-order valence-corrected chi connectivity index (χ1v) is 16.4. The van der Waals surface area contributed by atoms with Gasteiger partial charge in [-0.3, -0.25) is 9.48 Å². The highest BCUT2D eigenvalue weighted by atomic mass is 32.2. The minimum Gasteiger partial charge on any atom is -0.361 e. The predicted molar refractivity (Wildman–Crippen MR) is 136 cm³/mol. The van der Waals surface area contributed by atoms with Gasteiger partial charge in [0.05, 0.1) is 30.1 Å². The number of rotatable bonds is 10. The summed E-state index contributed by atoms with van der Waals surface area (Å²) in [6, 6.07) is 5.39. The summed E-state index contributed by atoms with van der Waals surface area (Å²) >= 11 is 1.51. The summed E-state index contributed by atoms with van der Waals surface area (Å²) in [6.45, 7) is 9.20. The summed E-state index contributed by atoms with van der Waals surface area (Å²) in [5.74, 6) is 0.546. The highest BCUT2D eigenvalue weighted by Crippen LogP contribution is 2.34. The second-order valence-corrected chi connectivity index (χ2v) is 16.5. The molecule has 11 heteroatoms. The number of hydrogen-bond donors (Lipinski definition) is 0. The average molecular weight is 498 g/mol. The zero-order valence-electron chi connectivity index (χ0n) is 20.2. The van der Waals surface area contributed by atoms with E-state index < -0.39 is 13.6 Å². The van der Waals surface area contributed by atoms with Crippen molar-refractivity contribution in [2.45, 2.75) is 44.4 Å². The summed E-state index contributed by atoms with van der Waals surface area (Å²) in [5, 5.41) is 14.9. The van der Waals surface area contributed by atoms with E-state index in [2.05, 4.69) is 40.8 Å². The van der Waals surface area contributed by atoms with Crippen molar-refractivity contribution in [3.8, 4) is 17.3 Å². The quantitative estimate of drug-likeness (QED) is 0.312. The Labute approximate surface area is 205 Å². The van der Waals surface area contributed by atoms with Crippen molar-refractivity contribution in [3.05, 3.63) is 31.0 Å². The van der Waals surface area contributed by atoms with Gasteiger partial charge in [0, 0.05) is 51.1 Å². The molecule has 0 N–H and O–H groups in total. The van der Waals surface area contributed by atoms with Crippen LogP contribution in [0.4, 0.5) is 0 Å². The molecule has 0 aromatic carbocycles. The van der Waals surface area contributed by atoms with Crippen LogP contribution in [0.5, 0.6) is 0 Å². The van der Waals surface area contributed by atoms with Gasteiger partial charge in [0.1, 0.15) is 24.2 Å². The van der Waals surface area contributed by atoms with E-state index in [9.17, 15) is 10.1 Å². The van der Waals surface area contributed by atoms with Gasteiger partial charge in [0.2, 0.25) is 5.91 Å². The van der Waals surface area contributed by atoms with Crippen LogP contribution in [0.1, 0.15) is 6.42 Å². The molecule has 1 aliphatic rings. The molecular weight excluding hydrogens is 466 g/mol. The SMILES string of the molecule is CSCC(=O)N1CC(CC#N)(n2cc(-c3ncnc4c3ccn4COCC[Si](C)(C)C)cn2)C1. The maximum absolute atomic E-state index is 12.2. The van der Waals surface area contributed by atoms with Crippen LogP contribution in [0.3, 0.4) is 0 Å². The monoisotopic (exact) mass is 497 g/mol. The molecule has 0 aliphatic carbocycles. The van der Waals surface area contributed by atoms with Gasteiger partial charge in [0.15, 0.2) is 0 Å². The van der Waals surface area contributed by atoms with E-state index >= 15 is 0 Å². The van der Waals surface area contributed by atoms with E-state index in [1.165, 1.54) is 11.8 Å². The summed E-state index contributed by atoms with van der Waals surface area (Å²) in [7, 11) is -1.13. The second kappa shape index (κ2) is 9.89. The Hall–Kier alpha value is -2.68. The molecule has 0 saturated carbocycles. The minimum absolute atomic E-state index is 0.0966. The highest BCUT2D eigenvalue weighted by molar-refractivity contribution is 7.99. The van der Waals surface area contributed by atoms with Gasteiger partial charge in [0.25, 0.3) is 0 Å². The molecule has 9 nitrogen and oxygen atoms in total. The molecule has 3 aromatic heterocycles. The van der Waals surface area contributed by atoms with Gasteiger partial charge in [-0.15, -0.1) is 0 Å². The molecule has 1 fully saturated rings. The van der Waals surface area contributed by atoms with E-state index in [0.29, 0.717) is 32.0 Å². The fourth-order valence-electron chi connectivity index (χ4n) is 4.12. The number of likely N-dealkylation sites (tertiary alicyclic amines) is 1. The first-order valence-electron chi connectivity index (χ1n) is 11.3. The van der Waals surface area contributed by atoms with Crippen LogP contribution in [-0.2, 0) is 21.8 Å². The molecule has 0 bridgehead atoms. The first kappa shape index (κ1) is 24.4. The summed E-state index contributed by atoms with van der Waals surface area (Å²) in [6.07, 6.45) is 9.44. The topological polar surface area (TPSA) is 102 Å². The fourth-order valence-corrected chi connectivity index (χ4v) is 5.31. The molecule has 3 aromatic rings. The van der Waals surface area contributed by atoms with Gasteiger partial charge in [-0.25, -0.2) is 9.97 Å². The lowest BCUT2D eigenvalue weighted by molar-refractivity contribution is -0.139. The Morgan fingerprint density at radius 3 is 2.82 bits per heavy atom. The van der Waals surface area contributed by atoms with E-state index in [0.717, 1.165) is 34.9 Å². The summed E-state index contributed by atoms with van der Waals surface area (Å²) in [5.41, 5.74) is 1.97. The van der Waals surface area contributed by atoms with Crippen LogP contribution in [0.25, 0.3) is 22.3 Å². The number of thioether (sulfide) groups is 1. The highest BCUT2D eigenvalue weighted by Gasteiger charge is 2.47. The van der Waals surface area contributed by atoms with Crippen LogP contribution in [0.2, 0.25) is 25.7 Å². The number of hydrogen-bond acceptors (Lipinski definition) is 7. The molecule has 0 spiro atoms. The van der Waals surface area contributed by atoms with Crippen molar-refractivity contribution < 1.29 is 9.53 Å². The number of aromatic nitrogens is 5. The van der Waals surface area contributed by atoms with Gasteiger partial charge in [-0.1, -0.05) is 19.6 Å². The number of nitriles is 1. The van der Waals surface area contributed by atoms with Crippen molar-refractivity contribution in [2.75, 3.05) is 31.7 Å². The molecule has 0 atom stereocenters. The van der Waals surface area contributed by atoms with Crippen molar-refractivity contribution in [2.24, 2.45) is 0 Å². The molecule has 1 aliphatic heterocycles. The Morgan fingerprint density at radius 1 is 1.32 bits per heavy atom. The number of carbonyl (C=O) groups is 1. The lowest BCUT2D eigenvalue weighted by Crippen LogP contribution is -2.64. The number of ether oxygens (including phenoxy) is 1. The van der Waals surface area contributed by atoms with Crippen molar-refractivity contribution in [3.63, 3.8) is 0 Å². The van der Waals surface area contributed by atoms with Crippen LogP contribution in [0, 0.1) is 11.3 Å². The Kier molecular flexibility index (Phi) is 7.11. The largest absolute Gasteiger partial charge is 0.361 e. The molecule has 1 saturated heterocycles. The normalized spacial score (nSPS) is 15.3. The molecule has 34 heavy (non-hydrogen) atoms. The Morgan fingerprint density at radius 2 is 2.12 bits per heavy atom. The number of nitrogens with zero attached hydrogens (tertiary/aromatic N) is 7. The van der Waals surface area contributed by atoms with Crippen LogP contribution in [0.15, 0.2) is 31.0 Å². The second-order valence-electron chi connectivity index (χ2n) is 10.0. The van der Waals surface area contributed by atoms with Crippen LogP contribution >= 0.6 is 11.8 Å². The van der Waals surface area contributed by atoms with Crippen molar-refractivity contribution in [1.29, 1.82) is 5.26 Å². The van der Waals surface area contributed by atoms with Crippen molar-refractivity contribution >= 4 is 36.8 Å². The van der Waals surface area contributed by atoms with E-state index in [4.69, 9.17) is 4.74 Å². The van der Waals surface area contributed by atoms with Crippen LogP contribution < -0.4 is 0 Å². The standard InChI is InChI=1S/C23H31N7O2SSi/c1-33-13-20(31)29-14-23(15-29,6-7-24)30-12-18(11-27-30)21-19-5-8-28(22(19)26-16-25-21)17-32-9-10-34(2,3)4/h5,8,11-12,16H,6,9-10,13-15,17H2,1-4H3. The molecule has 0 unspecified atom stereocenters. The lowest BCUT2D eigenvalue weighted by Gasteiger charge is -2.49. The lowest BCUT2D eigenvalue weighted by atomic mass is 9.87. The first-order chi connectivity index (χ1) is 16.3. The Bertz CT molecular complexity index is 1200. The smallest absolute Gasteiger partial charge is 0.232 e. The molecular formula is C23H31N7O2SSi. The minimum atomic E-state index is -1.13. The summed E-state index contributed by atoms with van der Waals surface area (Å²) in [4.78, 5) is 23.0. The Balaban J connectivity index is 1.52. The third kappa shape index (κ3) is 5.04. The van der Waals surface area contributed by atoms with E-state index in [1.807, 2.05) is 34.0 Å². The van der Waals surface area contributed by atoms with Gasteiger partial charge < -0.3 is 14.2 Å². The zero-order valence-corrected chi connectivity index (χ0v) is 22.0. The number of carbonyl (C=O) groups excluding carboxylic acids is 1. The van der Waals surface area contributed by atoms with Gasteiger partial charge >= 0.3 is 0 Å². The summed E-state index contributed by atoms with van der Waals surface area (Å²) < 4.78 is 9.73. The maximum atomic E-state index is 12.2. The molecule has 1 amide bonds. The zero-order chi connectivity index (χ0) is 24.3. The molecule has 0 radical (unpaired) electrons. The number of fused-ring (bicyclic) bond motifs is 1.